The molecule has 0 fully saturated rings. The Labute approximate surface area is 122 Å². The van der Waals surface area contributed by atoms with E-state index in [0.29, 0.717) is 24.4 Å². The summed E-state index contributed by atoms with van der Waals surface area (Å²) in [6, 6.07) is 0. The Morgan fingerprint density at radius 3 is 2.71 bits per heavy atom. The van der Waals surface area contributed by atoms with Gasteiger partial charge >= 0.3 is 5.69 Å². The Morgan fingerprint density at radius 2 is 2.19 bits per heavy atom. The molecule has 1 aromatic heterocycles. The van der Waals surface area contributed by atoms with E-state index in [9.17, 15) is 20.0 Å². The SMILES string of the molecule is CNC(=O)CCNCC(O)Cn1nc(C)c([N+](=O)[O-])c1C. The molecular weight excluding hydrogens is 278 g/mol. The van der Waals surface area contributed by atoms with Crippen LogP contribution in [0.1, 0.15) is 17.8 Å². The van der Waals surface area contributed by atoms with Gasteiger partial charge in [-0.1, -0.05) is 0 Å². The van der Waals surface area contributed by atoms with Crippen molar-refractivity contribution in [2.24, 2.45) is 0 Å². The smallest absolute Gasteiger partial charge is 0.312 e. The minimum absolute atomic E-state index is 0.0187. The number of carbonyl (C=O) groups excluding carboxylic acids is 1. The second-order valence-electron chi connectivity index (χ2n) is 4.74. The van der Waals surface area contributed by atoms with Gasteiger partial charge in [-0.25, -0.2) is 0 Å². The van der Waals surface area contributed by atoms with Crippen molar-refractivity contribution in [1.82, 2.24) is 20.4 Å². The highest BCUT2D eigenvalue weighted by atomic mass is 16.6. The lowest BCUT2D eigenvalue weighted by molar-refractivity contribution is -0.386. The molecule has 21 heavy (non-hydrogen) atoms. The molecule has 0 bridgehead atoms. The quantitative estimate of drug-likeness (QED) is 0.338. The Hall–Kier alpha value is -2.00. The van der Waals surface area contributed by atoms with Crippen molar-refractivity contribution in [3.05, 3.63) is 21.5 Å². The molecule has 1 amide bonds. The summed E-state index contributed by atoms with van der Waals surface area (Å²) in [7, 11) is 1.56. The number of nitrogens with one attached hydrogen (secondary N) is 2. The third-order valence-corrected chi connectivity index (χ3v) is 3.10. The van der Waals surface area contributed by atoms with Gasteiger partial charge in [-0.05, 0) is 13.8 Å². The zero-order valence-electron chi connectivity index (χ0n) is 12.4. The van der Waals surface area contributed by atoms with E-state index in [1.54, 1.807) is 20.9 Å². The molecule has 9 nitrogen and oxygen atoms in total. The van der Waals surface area contributed by atoms with Gasteiger partial charge in [-0.2, -0.15) is 5.10 Å². The second-order valence-corrected chi connectivity index (χ2v) is 4.74. The monoisotopic (exact) mass is 299 g/mol. The van der Waals surface area contributed by atoms with Crippen molar-refractivity contribution in [1.29, 1.82) is 0 Å². The van der Waals surface area contributed by atoms with Crippen LogP contribution in [0.25, 0.3) is 0 Å². The predicted octanol–water partition coefficient (Wildman–Crippen LogP) is -0.505. The molecule has 1 rings (SSSR count). The fourth-order valence-electron chi connectivity index (χ4n) is 1.99. The van der Waals surface area contributed by atoms with Crippen LogP contribution in [0.5, 0.6) is 0 Å². The third-order valence-electron chi connectivity index (χ3n) is 3.10. The molecule has 1 unspecified atom stereocenters. The van der Waals surface area contributed by atoms with Gasteiger partial charge in [0.25, 0.3) is 0 Å². The maximum absolute atomic E-state index is 11.0. The minimum Gasteiger partial charge on any atom is -0.390 e. The maximum Gasteiger partial charge on any atom is 0.312 e. The Morgan fingerprint density at radius 1 is 1.52 bits per heavy atom. The van der Waals surface area contributed by atoms with Crippen molar-refractivity contribution in [3.63, 3.8) is 0 Å². The number of aliphatic hydroxyl groups is 1. The second kappa shape index (κ2) is 7.70. The zero-order chi connectivity index (χ0) is 16.0. The average Bonchev–Trinajstić information content (AvgIpc) is 2.69. The van der Waals surface area contributed by atoms with Crippen molar-refractivity contribution >= 4 is 11.6 Å². The van der Waals surface area contributed by atoms with Crippen molar-refractivity contribution < 1.29 is 14.8 Å². The van der Waals surface area contributed by atoms with Crippen LogP contribution >= 0.6 is 0 Å². The predicted molar refractivity (Wildman–Crippen MR) is 75.9 cm³/mol. The molecule has 0 aliphatic carbocycles. The summed E-state index contributed by atoms with van der Waals surface area (Å²) in [5.74, 6) is -0.0776. The molecule has 0 saturated carbocycles. The number of hydrogen-bond donors (Lipinski definition) is 3. The highest BCUT2D eigenvalue weighted by Gasteiger charge is 2.22. The Bertz CT molecular complexity index is 514. The van der Waals surface area contributed by atoms with Crippen LogP contribution in [-0.4, -0.2) is 52.0 Å². The first-order valence-electron chi connectivity index (χ1n) is 6.64. The summed E-state index contributed by atoms with van der Waals surface area (Å²) >= 11 is 0. The van der Waals surface area contributed by atoms with Crippen LogP contribution in [0.4, 0.5) is 5.69 Å². The van der Waals surface area contributed by atoms with Crippen LogP contribution in [0.15, 0.2) is 0 Å². The molecule has 1 heterocycles. The first kappa shape index (κ1) is 17.1. The standard InChI is InChI=1S/C12H21N5O4/c1-8-12(17(20)21)9(2)16(15-8)7-10(18)6-14-5-4-11(19)13-3/h10,14,18H,4-7H2,1-3H3,(H,13,19). The largest absolute Gasteiger partial charge is 0.390 e. The number of hydrogen-bond acceptors (Lipinski definition) is 6. The zero-order valence-corrected chi connectivity index (χ0v) is 12.4. The average molecular weight is 299 g/mol. The summed E-state index contributed by atoms with van der Waals surface area (Å²) in [6.07, 6.45) is -0.415. The minimum atomic E-state index is -0.743. The van der Waals surface area contributed by atoms with Crippen LogP contribution in [0.2, 0.25) is 0 Å². The van der Waals surface area contributed by atoms with Gasteiger partial charge in [0.15, 0.2) is 0 Å². The fraction of sp³-hybridized carbons (Fsp3) is 0.667. The number of nitro groups is 1. The molecule has 0 spiro atoms. The summed E-state index contributed by atoms with van der Waals surface area (Å²) < 4.78 is 1.43. The lowest BCUT2D eigenvalue weighted by Gasteiger charge is -2.12. The number of aromatic nitrogens is 2. The van der Waals surface area contributed by atoms with Gasteiger partial charge in [0.05, 0.1) is 17.6 Å². The molecule has 118 valence electrons. The first-order valence-corrected chi connectivity index (χ1v) is 6.64. The number of rotatable bonds is 8. The van der Waals surface area contributed by atoms with Gasteiger partial charge in [-0.3, -0.25) is 19.6 Å². The number of amides is 1. The molecule has 3 N–H and O–H groups in total. The molecule has 0 aromatic carbocycles. The van der Waals surface area contributed by atoms with E-state index in [2.05, 4.69) is 15.7 Å². The van der Waals surface area contributed by atoms with E-state index in [1.165, 1.54) is 4.68 Å². The van der Waals surface area contributed by atoms with Gasteiger partial charge in [0, 0.05) is 26.6 Å². The van der Waals surface area contributed by atoms with Crippen molar-refractivity contribution in [2.75, 3.05) is 20.1 Å². The topological polar surface area (TPSA) is 122 Å². The third kappa shape index (κ3) is 4.80. The van der Waals surface area contributed by atoms with E-state index >= 15 is 0 Å². The molecule has 0 radical (unpaired) electrons. The van der Waals surface area contributed by atoms with Crippen molar-refractivity contribution in [2.45, 2.75) is 32.9 Å². The highest BCUT2D eigenvalue weighted by molar-refractivity contribution is 5.75. The van der Waals surface area contributed by atoms with Gasteiger partial charge in [-0.15, -0.1) is 0 Å². The Balaban J connectivity index is 2.48. The summed E-state index contributed by atoms with van der Waals surface area (Å²) in [6.45, 7) is 4.06. The van der Waals surface area contributed by atoms with Crippen molar-refractivity contribution in [3.8, 4) is 0 Å². The fourth-order valence-corrected chi connectivity index (χ4v) is 1.99. The van der Waals surface area contributed by atoms with E-state index < -0.39 is 11.0 Å². The molecule has 0 saturated heterocycles. The number of carbonyl (C=O) groups is 1. The van der Waals surface area contributed by atoms with E-state index in [4.69, 9.17) is 0 Å². The lowest BCUT2D eigenvalue weighted by Crippen LogP contribution is -2.33. The molecular formula is C12H21N5O4. The molecule has 9 heteroatoms. The van der Waals surface area contributed by atoms with Gasteiger partial charge in [0.2, 0.25) is 5.91 Å². The Kier molecular flexibility index (Phi) is 6.25. The number of aliphatic hydroxyl groups excluding tert-OH is 1. The van der Waals surface area contributed by atoms with E-state index in [-0.39, 0.29) is 24.7 Å². The lowest BCUT2D eigenvalue weighted by atomic mass is 10.3. The first-order chi connectivity index (χ1) is 9.86. The van der Waals surface area contributed by atoms with E-state index in [1.807, 2.05) is 0 Å². The van der Waals surface area contributed by atoms with Crippen LogP contribution in [0.3, 0.4) is 0 Å². The summed E-state index contributed by atoms with van der Waals surface area (Å²) in [5.41, 5.74) is 0.731. The number of nitrogens with zero attached hydrogens (tertiary/aromatic N) is 3. The summed E-state index contributed by atoms with van der Waals surface area (Å²) in [5, 5.41) is 30.3. The van der Waals surface area contributed by atoms with Gasteiger partial charge in [0.1, 0.15) is 11.4 Å². The highest BCUT2D eigenvalue weighted by Crippen LogP contribution is 2.21. The normalized spacial score (nSPS) is 12.2. The molecule has 1 aromatic rings. The molecule has 1 atom stereocenters. The van der Waals surface area contributed by atoms with Crippen LogP contribution in [0, 0.1) is 24.0 Å². The van der Waals surface area contributed by atoms with Crippen LogP contribution < -0.4 is 10.6 Å². The maximum atomic E-state index is 11.0. The van der Waals surface area contributed by atoms with Gasteiger partial charge < -0.3 is 15.7 Å². The van der Waals surface area contributed by atoms with Crippen LogP contribution in [-0.2, 0) is 11.3 Å². The molecule has 0 aliphatic rings. The summed E-state index contributed by atoms with van der Waals surface area (Å²) in [4.78, 5) is 21.4. The molecule has 0 aliphatic heterocycles. The number of aryl methyl sites for hydroxylation is 1. The van der Waals surface area contributed by atoms with E-state index in [0.717, 1.165) is 0 Å².